The molecule has 4 nitrogen and oxygen atoms in total. The molecule has 0 unspecified atom stereocenters. The van der Waals surface area contributed by atoms with Gasteiger partial charge in [0, 0.05) is 19.8 Å². The summed E-state index contributed by atoms with van der Waals surface area (Å²) in [6.45, 7) is 7.11. The number of nitrogens with one attached hydrogen (secondary N) is 1. The second kappa shape index (κ2) is 8.21. The van der Waals surface area contributed by atoms with Gasteiger partial charge in [0.05, 0.1) is 11.6 Å². The first-order valence-corrected chi connectivity index (χ1v) is 9.29. The van der Waals surface area contributed by atoms with Crippen LogP contribution in [0.15, 0.2) is 24.3 Å². The van der Waals surface area contributed by atoms with Crippen molar-refractivity contribution in [2.45, 2.75) is 39.8 Å². The van der Waals surface area contributed by atoms with Gasteiger partial charge in [0.2, 0.25) is 0 Å². The molecule has 1 aromatic heterocycles. The van der Waals surface area contributed by atoms with Gasteiger partial charge in [-0.25, -0.2) is 4.79 Å². The van der Waals surface area contributed by atoms with Crippen LogP contribution in [0.1, 0.15) is 45.6 Å². The number of benzene rings is 1. The van der Waals surface area contributed by atoms with Crippen molar-refractivity contribution < 1.29 is 14.3 Å². The minimum atomic E-state index is -0.916. The van der Waals surface area contributed by atoms with Crippen LogP contribution in [-0.4, -0.2) is 18.0 Å². The van der Waals surface area contributed by atoms with E-state index in [4.69, 9.17) is 27.9 Å². The molecule has 2 atom stereocenters. The van der Waals surface area contributed by atoms with E-state index >= 15 is 0 Å². The summed E-state index contributed by atoms with van der Waals surface area (Å²) in [6.07, 6.45) is -0.916. The standard InChI is InChI=1S/C18H19Cl2NO3S/c1-9-7-15(12(4)25-9)18(23)24-11(3)17(22)21-10(2)14-6-5-13(19)8-16(14)20/h5-8,10-11H,1-4H3,(H,21,22)/t10-,11+/m1/s1. The molecule has 7 heteroatoms. The Labute approximate surface area is 161 Å². The summed E-state index contributed by atoms with van der Waals surface area (Å²) in [5.74, 6) is -0.891. The fraction of sp³-hybridized carbons (Fsp3) is 0.333. The van der Waals surface area contributed by atoms with Crippen molar-refractivity contribution in [1.82, 2.24) is 5.32 Å². The van der Waals surface area contributed by atoms with Gasteiger partial charge in [0.25, 0.3) is 5.91 Å². The van der Waals surface area contributed by atoms with E-state index in [1.165, 1.54) is 18.3 Å². The van der Waals surface area contributed by atoms with Crippen LogP contribution >= 0.6 is 34.5 Å². The van der Waals surface area contributed by atoms with Gasteiger partial charge < -0.3 is 10.1 Å². The summed E-state index contributed by atoms with van der Waals surface area (Å²) in [5.41, 5.74) is 1.23. The van der Waals surface area contributed by atoms with E-state index in [2.05, 4.69) is 5.32 Å². The van der Waals surface area contributed by atoms with Gasteiger partial charge in [-0.15, -0.1) is 11.3 Å². The molecule has 2 rings (SSSR count). The van der Waals surface area contributed by atoms with Gasteiger partial charge in [0.15, 0.2) is 6.10 Å². The minimum Gasteiger partial charge on any atom is -0.449 e. The number of carbonyl (C=O) groups excluding carboxylic acids is 2. The van der Waals surface area contributed by atoms with Crippen molar-refractivity contribution in [1.29, 1.82) is 0 Å². The summed E-state index contributed by atoms with van der Waals surface area (Å²) in [7, 11) is 0. The highest BCUT2D eigenvalue weighted by molar-refractivity contribution is 7.12. The van der Waals surface area contributed by atoms with E-state index in [-0.39, 0.29) is 6.04 Å². The Morgan fingerprint density at radius 3 is 2.40 bits per heavy atom. The van der Waals surface area contributed by atoms with Crippen molar-refractivity contribution in [2.24, 2.45) is 0 Å². The van der Waals surface area contributed by atoms with E-state index in [1.807, 2.05) is 13.8 Å². The van der Waals surface area contributed by atoms with Crippen molar-refractivity contribution in [3.63, 3.8) is 0 Å². The predicted octanol–water partition coefficient (Wildman–Crippen LogP) is 5.09. The molecular formula is C18H19Cl2NO3S. The number of carbonyl (C=O) groups is 2. The summed E-state index contributed by atoms with van der Waals surface area (Å²) in [5, 5.41) is 3.78. The Kier molecular flexibility index (Phi) is 6.49. The number of aryl methyl sites for hydroxylation is 2. The van der Waals surface area contributed by atoms with E-state index in [9.17, 15) is 9.59 Å². The maximum Gasteiger partial charge on any atom is 0.340 e. The van der Waals surface area contributed by atoms with Crippen molar-refractivity contribution >= 4 is 46.4 Å². The molecule has 0 saturated carbocycles. The topological polar surface area (TPSA) is 55.4 Å². The summed E-state index contributed by atoms with van der Waals surface area (Å²) < 4.78 is 5.28. The van der Waals surface area contributed by atoms with Gasteiger partial charge in [-0.2, -0.15) is 0 Å². The zero-order valence-electron chi connectivity index (χ0n) is 14.4. The maximum absolute atomic E-state index is 12.3. The fourth-order valence-corrected chi connectivity index (χ4v) is 3.86. The van der Waals surface area contributed by atoms with Gasteiger partial charge in [-0.3, -0.25) is 4.79 Å². The lowest BCUT2D eigenvalue weighted by Crippen LogP contribution is -2.37. The third-order valence-corrected chi connectivity index (χ3v) is 5.23. The van der Waals surface area contributed by atoms with Gasteiger partial charge >= 0.3 is 5.97 Å². The molecule has 0 aliphatic carbocycles. The zero-order valence-corrected chi connectivity index (χ0v) is 16.7. The zero-order chi connectivity index (χ0) is 18.7. The van der Waals surface area contributed by atoms with Crippen LogP contribution in [0.25, 0.3) is 0 Å². The molecule has 0 bridgehead atoms. The summed E-state index contributed by atoms with van der Waals surface area (Å²) >= 11 is 13.5. The molecule has 0 radical (unpaired) electrons. The molecule has 0 fully saturated rings. The summed E-state index contributed by atoms with van der Waals surface area (Å²) in [6, 6.07) is 6.50. The Balaban J connectivity index is 2.00. The number of halogens is 2. The molecule has 0 saturated heterocycles. The lowest BCUT2D eigenvalue weighted by molar-refractivity contribution is -0.129. The van der Waals surface area contributed by atoms with E-state index < -0.39 is 18.0 Å². The van der Waals surface area contributed by atoms with Crippen molar-refractivity contribution in [3.05, 3.63) is 55.2 Å². The Bertz CT molecular complexity index is 804. The number of hydrogen-bond donors (Lipinski definition) is 1. The van der Waals surface area contributed by atoms with Crippen LogP contribution < -0.4 is 5.32 Å². The van der Waals surface area contributed by atoms with Crippen LogP contribution in [0.3, 0.4) is 0 Å². The van der Waals surface area contributed by atoms with E-state index in [0.717, 1.165) is 15.3 Å². The van der Waals surface area contributed by atoms with Crippen molar-refractivity contribution in [2.75, 3.05) is 0 Å². The molecule has 134 valence electrons. The first kappa shape index (κ1) is 19.8. The first-order chi connectivity index (χ1) is 11.7. The minimum absolute atomic E-state index is 0.344. The monoisotopic (exact) mass is 399 g/mol. The van der Waals surface area contributed by atoms with Crippen LogP contribution in [-0.2, 0) is 9.53 Å². The number of rotatable bonds is 5. The van der Waals surface area contributed by atoms with Crippen LogP contribution in [0.2, 0.25) is 10.0 Å². The van der Waals surface area contributed by atoms with E-state index in [0.29, 0.717) is 15.6 Å². The predicted molar refractivity (Wildman–Crippen MR) is 102 cm³/mol. The highest BCUT2D eigenvalue weighted by Gasteiger charge is 2.23. The molecule has 0 aliphatic heterocycles. The lowest BCUT2D eigenvalue weighted by Gasteiger charge is -2.19. The normalized spacial score (nSPS) is 13.2. The number of ether oxygens (including phenoxy) is 1. The molecule has 0 spiro atoms. The third-order valence-electron chi connectivity index (χ3n) is 3.70. The van der Waals surface area contributed by atoms with Gasteiger partial charge in [-0.05, 0) is 51.5 Å². The Morgan fingerprint density at radius 2 is 1.84 bits per heavy atom. The van der Waals surface area contributed by atoms with E-state index in [1.54, 1.807) is 31.2 Å². The highest BCUT2D eigenvalue weighted by atomic mass is 35.5. The highest BCUT2D eigenvalue weighted by Crippen LogP contribution is 2.26. The number of amides is 1. The second-order valence-electron chi connectivity index (χ2n) is 5.77. The number of hydrogen-bond acceptors (Lipinski definition) is 4. The van der Waals surface area contributed by atoms with Gasteiger partial charge in [0.1, 0.15) is 0 Å². The fourth-order valence-electron chi connectivity index (χ4n) is 2.37. The van der Waals surface area contributed by atoms with Crippen molar-refractivity contribution in [3.8, 4) is 0 Å². The average Bonchev–Trinajstić information content (AvgIpc) is 2.85. The molecular weight excluding hydrogens is 381 g/mol. The average molecular weight is 400 g/mol. The largest absolute Gasteiger partial charge is 0.449 e. The molecule has 1 aromatic carbocycles. The SMILES string of the molecule is Cc1cc(C(=O)O[C@@H](C)C(=O)N[C@H](C)c2ccc(Cl)cc2Cl)c(C)s1. The number of esters is 1. The molecule has 0 aliphatic rings. The second-order valence-corrected chi connectivity index (χ2v) is 8.07. The summed E-state index contributed by atoms with van der Waals surface area (Å²) in [4.78, 5) is 26.4. The smallest absolute Gasteiger partial charge is 0.340 e. The van der Waals surface area contributed by atoms with Crippen LogP contribution in [0.4, 0.5) is 0 Å². The van der Waals surface area contributed by atoms with Gasteiger partial charge in [-0.1, -0.05) is 29.3 Å². The Morgan fingerprint density at radius 1 is 1.16 bits per heavy atom. The first-order valence-electron chi connectivity index (χ1n) is 7.72. The maximum atomic E-state index is 12.3. The third kappa shape index (κ3) is 4.97. The Hall–Kier alpha value is -1.56. The molecule has 1 heterocycles. The molecule has 2 aromatic rings. The lowest BCUT2D eigenvalue weighted by atomic mass is 10.1. The molecule has 25 heavy (non-hydrogen) atoms. The molecule has 1 amide bonds. The van der Waals surface area contributed by atoms with Crippen LogP contribution in [0.5, 0.6) is 0 Å². The quantitative estimate of drug-likeness (QED) is 0.711. The number of thiophene rings is 1. The molecule has 1 N–H and O–H groups in total. The van der Waals surface area contributed by atoms with Crippen LogP contribution in [0, 0.1) is 13.8 Å².